The molecule has 2 rings (SSSR count). The summed E-state index contributed by atoms with van der Waals surface area (Å²) < 4.78 is 25.7. The molecule has 22 heavy (non-hydrogen) atoms. The van der Waals surface area contributed by atoms with E-state index in [4.69, 9.17) is 0 Å². The minimum Gasteiger partial charge on any atom is -0.258 e. The fraction of sp³-hybridized carbons (Fsp3) is 0.308. The normalized spacial score (nSPS) is 11.7. The number of benzene rings is 1. The van der Waals surface area contributed by atoms with Gasteiger partial charge in [-0.2, -0.15) is 4.31 Å². The van der Waals surface area contributed by atoms with Crippen LogP contribution >= 0.6 is 11.3 Å². The van der Waals surface area contributed by atoms with E-state index in [0.717, 1.165) is 0 Å². The van der Waals surface area contributed by atoms with Gasteiger partial charge in [-0.05, 0) is 6.42 Å². The lowest BCUT2D eigenvalue weighted by Gasteiger charge is -2.15. The molecule has 1 heterocycles. The number of aryl methyl sites for hydroxylation is 1. The zero-order valence-corrected chi connectivity index (χ0v) is 13.5. The molecule has 0 aliphatic rings. The topological polar surface area (TPSA) is 93.4 Å². The van der Waals surface area contributed by atoms with E-state index in [1.807, 2.05) is 0 Å². The minimum atomic E-state index is -3.50. The molecule has 118 valence electrons. The molecule has 0 spiro atoms. The molecule has 9 heteroatoms. The standard InChI is InChI=1S/C13H15N3O4S2/c1-15(10-13-14-7-8-21-13)22(19,20)9-6-11-4-2-3-5-12(11)16(17)18/h2-5,7-8H,6,9-10H2,1H3. The summed E-state index contributed by atoms with van der Waals surface area (Å²) in [5.74, 6) is -0.181. The number of nitrogens with zero attached hydrogens (tertiary/aromatic N) is 3. The first-order chi connectivity index (χ1) is 10.4. The molecule has 0 atom stereocenters. The van der Waals surface area contributed by atoms with Gasteiger partial charge in [0.15, 0.2) is 0 Å². The van der Waals surface area contributed by atoms with Gasteiger partial charge in [0.2, 0.25) is 10.0 Å². The van der Waals surface area contributed by atoms with Gasteiger partial charge in [-0.3, -0.25) is 10.1 Å². The predicted molar refractivity (Wildman–Crippen MR) is 84.2 cm³/mol. The molecule has 1 aromatic carbocycles. The summed E-state index contributed by atoms with van der Waals surface area (Å²) in [6.07, 6.45) is 1.72. The number of aromatic nitrogens is 1. The number of rotatable bonds is 7. The van der Waals surface area contributed by atoms with Crippen LogP contribution in [-0.4, -0.2) is 35.4 Å². The fourth-order valence-corrected chi connectivity index (χ4v) is 3.77. The molecule has 0 amide bonds. The van der Waals surface area contributed by atoms with Crippen molar-refractivity contribution in [3.05, 3.63) is 56.5 Å². The molecule has 0 N–H and O–H groups in total. The number of thiazole rings is 1. The van der Waals surface area contributed by atoms with Crippen molar-refractivity contribution < 1.29 is 13.3 Å². The maximum Gasteiger partial charge on any atom is 0.272 e. The van der Waals surface area contributed by atoms with Gasteiger partial charge in [0.1, 0.15) is 5.01 Å². The van der Waals surface area contributed by atoms with Crippen molar-refractivity contribution in [2.24, 2.45) is 0 Å². The molecule has 7 nitrogen and oxygen atoms in total. The highest BCUT2D eigenvalue weighted by Gasteiger charge is 2.21. The molecule has 1 aromatic heterocycles. The number of nitro groups is 1. The number of nitro benzene ring substituents is 1. The molecule has 0 unspecified atom stereocenters. The van der Waals surface area contributed by atoms with Crippen LogP contribution in [0.2, 0.25) is 0 Å². The van der Waals surface area contributed by atoms with E-state index in [1.165, 1.54) is 28.8 Å². The van der Waals surface area contributed by atoms with Crippen molar-refractivity contribution in [1.82, 2.24) is 9.29 Å². The maximum absolute atomic E-state index is 12.2. The molecule has 0 saturated carbocycles. The van der Waals surface area contributed by atoms with Crippen LogP contribution in [0.3, 0.4) is 0 Å². The van der Waals surface area contributed by atoms with Crippen molar-refractivity contribution in [3.63, 3.8) is 0 Å². The summed E-state index contributed by atoms with van der Waals surface area (Å²) in [5.41, 5.74) is 0.360. The van der Waals surface area contributed by atoms with Gasteiger partial charge in [0.25, 0.3) is 5.69 Å². The van der Waals surface area contributed by atoms with E-state index in [-0.39, 0.29) is 24.4 Å². The Morgan fingerprint density at radius 3 is 2.73 bits per heavy atom. The Labute approximate surface area is 132 Å². The van der Waals surface area contributed by atoms with Crippen LogP contribution in [0.1, 0.15) is 10.6 Å². The number of sulfonamides is 1. The number of para-hydroxylation sites is 1. The van der Waals surface area contributed by atoms with Crippen LogP contribution in [0, 0.1) is 10.1 Å². The number of hydrogen-bond donors (Lipinski definition) is 0. The SMILES string of the molecule is CN(Cc1nccs1)S(=O)(=O)CCc1ccccc1[N+](=O)[O-]. The smallest absolute Gasteiger partial charge is 0.258 e. The first-order valence-corrected chi connectivity index (χ1v) is 8.94. The molecule has 0 fully saturated rings. The monoisotopic (exact) mass is 341 g/mol. The molecular weight excluding hydrogens is 326 g/mol. The molecule has 0 radical (unpaired) electrons. The average molecular weight is 341 g/mol. The van der Waals surface area contributed by atoms with Crippen LogP contribution in [0.25, 0.3) is 0 Å². The van der Waals surface area contributed by atoms with Gasteiger partial charge in [0, 0.05) is 30.3 Å². The molecular formula is C13H15N3O4S2. The second kappa shape index (κ2) is 6.95. The van der Waals surface area contributed by atoms with E-state index in [9.17, 15) is 18.5 Å². The largest absolute Gasteiger partial charge is 0.272 e. The third-order valence-corrected chi connectivity index (χ3v) is 5.70. The van der Waals surface area contributed by atoms with Gasteiger partial charge in [-0.25, -0.2) is 13.4 Å². The molecule has 0 aliphatic heterocycles. The van der Waals surface area contributed by atoms with Crippen LogP contribution in [0.15, 0.2) is 35.8 Å². The van der Waals surface area contributed by atoms with E-state index in [0.29, 0.717) is 10.6 Å². The van der Waals surface area contributed by atoms with Crippen LogP contribution in [0.4, 0.5) is 5.69 Å². The lowest BCUT2D eigenvalue weighted by atomic mass is 10.1. The molecule has 2 aromatic rings. The van der Waals surface area contributed by atoms with Gasteiger partial charge >= 0.3 is 0 Å². The Bertz CT molecular complexity index is 744. The summed E-state index contributed by atoms with van der Waals surface area (Å²) in [6, 6.07) is 6.18. The Morgan fingerprint density at radius 1 is 1.36 bits per heavy atom. The Kier molecular flexibility index (Phi) is 5.22. The summed E-state index contributed by atoms with van der Waals surface area (Å²) in [6.45, 7) is 0.205. The molecule has 0 bridgehead atoms. The van der Waals surface area contributed by atoms with Crippen molar-refractivity contribution in [2.75, 3.05) is 12.8 Å². The second-order valence-electron chi connectivity index (χ2n) is 4.63. The van der Waals surface area contributed by atoms with Crippen molar-refractivity contribution in [1.29, 1.82) is 0 Å². The van der Waals surface area contributed by atoms with Crippen LogP contribution in [0.5, 0.6) is 0 Å². The van der Waals surface area contributed by atoms with Gasteiger partial charge in [-0.1, -0.05) is 18.2 Å². The zero-order valence-electron chi connectivity index (χ0n) is 11.9. The van der Waals surface area contributed by atoms with Gasteiger partial charge in [-0.15, -0.1) is 11.3 Å². The third-order valence-electron chi connectivity index (χ3n) is 3.13. The predicted octanol–water partition coefficient (Wildman–Crippen LogP) is 2.06. The fourth-order valence-electron chi connectivity index (χ4n) is 1.91. The minimum absolute atomic E-state index is 0.0553. The van der Waals surface area contributed by atoms with Gasteiger partial charge in [0.05, 0.1) is 17.2 Å². The summed E-state index contributed by atoms with van der Waals surface area (Å²) in [4.78, 5) is 14.5. The van der Waals surface area contributed by atoms with E-state index < -0.39 is 14.9 Å². The van der Waals surface area contributed by atoms with E-state index in [1.54, 1.807) is 29.8 Å². The first kappa shape index (κ1) is 16.5. The Morgan fingerprint density at radius 2 is 2.09 bits per heavy atom. The van der Waals surface area contributed by atoms with Crippen molar-refractivity contribution in [3.8, 4) is 0 Å². The van der Waals surface area contributed by atoms with E-state index >= 15 is 0 Å². The van der Waals surface area contributed by atoms with Crippen molar-refractivity contribution >= 4 is 27.0 Å². The molecule has 0 aliphatic carbocycles. The Balaban J connectivity index is 2.05. The maximum atomic E-state index is 12.2. The van der Waals surface area contributed by atoms with Crippen molar-refractivity contribution in [2.45, 2.75) is 13.0 Å². The zero-order chi connectivity index (χ0) is 16.2. The summed E-state index contributed by atoms with van der Waals surface area (Å²) >= 11 is 1.38. The highest BCUT2D eigenvalue weighted by Crippen LogP contribution is 2.19. The number of hydrogen-bond acceptors (Lipinski definition) is 6. The third kappa shape index (κ3) is 4.09. The van der Waals surface area contributed by atoms with Gasteiger partial charge < -0.3 is 0 Å². The highest BCUT2D eigenvalue weighted by atomic mass is 32.2. The van der Waals surface area contributed by atoms with Crippen LogP contribution in [-0.2, 0) is 23.0 Å². The quantitative estimate of drug-likeness (QED) is 0.567. The van der Waals surface area contributed by atoms with Crippen LogP contribution < -0.4 is 0 Å². The first-order valence-electron chi connectivity index (χ1n) is 6.45. The van der Waals surface area contributed by atoms with E-state index in [2.05, 4.69) is 4.98 Å². The Hall–Kier alpha value is -1.84. The lowest BCUT2D eigenvalue weighted by molar-refractivity contribution is -0.385. The molecule has 0 saturated heterocycles. The average Bonchev–Trinajstić information content (AvgIpc) is 2.98. The second-order valence-corrected chi connectivity index (χ2v) is 7.81. The summed E-state index contributed by atoms with van der Waals surface area (Å²) in [5, 5.41) is 13.4. The summed E-state index contributed by atoms with van der Waals surface area (Å²) in [7, 11) is -2.02. The highest BCUT2D eigenvalue weighted by molar-refractivity contribution is 7.89. The lowest BCUT2D eigenvalue weighted by Crippen LogP contribution is -2.29.